The van der Waals surface area contributed by atoms with Gasteiger partial charge in [0.25, 0.3) is 0 Å². The van der Waals surface area contributed by atoms with Crippen molar-refractivity contribution < 1.29 is 0 Å². The van der Waals surface area contributed by atoms with Gasteiger partial charge < -0.3 is 5.32 Å². The van der Waals surface area contributed by atoms with Crippen LogP contribution in [0.4, 0.5) is 5.69 Å². The predicted octanol–water partition coefficient (Wildman–Crippen LogP) is 5.51. The molecular weight excluding hydrogens is 230 g/mol. The molecule has 0 bridgehead atoms. The summed E-state index contributed by atoms with van der Waals surface area (Å²) < 4.78 is 0. The van der Waals surface area contributed by atoms with Crippen LogP contribution in [0.3, 0.4) is 0 Å². The maximum absolute atomic E-state index is 3.82. The van der Waals surface area contributed by atoms with E-state index >= 15 is 0 Å². The molecule has 19 heavy (non-hydrogen) atoms. The number of anilines is 1. The molecule has 1 heteroatoms. The average Bonchev–Trinajstić information content (AvgIpc) is 2.32. The van der Waals surface area contributed by atoms with E-state index in [2.05, 4.69) is 50.4 Å². The molecule has 1 aliphatic rings. The van der Waals surface area contributed by atoms with Crippen molar-refractivity contribution in [3.05, 3.63) is 29.8 Å². The summed E-state index contributed by atoms with van der Waals surface area (Å²) in [5.74, 6) is 0. The summed E-state index contributed by atoms with van der Waals surface area (Å²) in [5, 5.41) is 3.82. The number of nitrogens with one attached hydrogen (secondary N) is 1. The molecule has 1 aliphatic carbocycles. The van der Waals surface area contributed by atoms with Gasteiger partial charge in [0.05, 0.1) is 0 Å². The third-order valence-corrected chi connectivity index (χ3v) is 4.20. The minimum Gasteiger partial charge on any atom is -0.382 e. The minimum atomic E-state index is 0.214. The lowest BCUT2D eigenvalue weighted by Crippen LogP contribution is -2.23. The van der Waals surface area contributed by atoms with Crippen molar-refractivity contribution in [2.45, 2.75) is 77.2 Å². The quantitative estimate of drug-likeness (QED) is 0.738. The van der Waals surface area contributed by atoms with E-state index in [1.807, 2.05) is 0 Å². The molecule has 0 saturated heterocycles. The molecule has 0 aliphatic heterocycles. The Morgan fingerprint density at radius 3 is 2.11 bits per heavy atom. The van der Waals surface area contributed by atoms with Crippen molar-refractivity contribution in [1.82, 2.24) is 0 Å². The number of hydrogen-bond acceptors (Lipinski definition) is 1. The highest BCUT2D eigenvalue weighted by molar-refractivity contribution is 5.54. The van der Waals surface area contributed by atoms with Crippen LogP contribution in [0.2, 0.25) is 0 Å². The van der Waals surface area contributed by atoms with Gasteiger partial charge in [-0.15, -0.1) is 0 Å². The van der Waals surface area contributed by atoms with Crippen LogP contribution < -0.4 is 5.32 Å². The van der Waals surface area contributed by atoms with Crippen molar-refractivity contribution in [2.24, 2.45) is 0 Å². The van der Waals surface area contributed by atoms with E-state index in [1.54, 1.807) is 0 Å². The van der Waals surface area contributed by atoms with Crippen molar-refractivity contribution in [3.8, 4) is 0 Å². The predicted molar refractivity (Wildman–Crippen MR) is 84.9 cm³/mol. The second-order valence-electron chi connectivity index (χ2n) is 6.98. The number of para-hydroxylation sites is 1. The average molecular weight is 259 g/mol. The Morgan fingerprint density at radius 1 is 0.895 bits per heavy atom. The van der Waals surface area contributed by atoms with E-state index in [0.29, 0.717) is 6.04 Å². The van der Waals surface area contributed by atoms with E-state index in [-0.39, 0.29) is 5.41 Å². The first-order valence-electron chi connectivity index (χ1n) is 7.93. The van der Waals surface area contributed by atoms with Gasteiger partial charge in [-0.1, -0.05) is 71.1 Å². The van der Waals surface area contributed by atoms with Crippen LogP contribution in [0.25, 0.3) is 0 Å². The van der Waals surface area contributed by atoms with Gasteiger partial charge in [-0.2, -0.15) is 0 Å². The Hall–Kier alpha value is -0.980. The molecular formula is C18H29N. The molecule has 2 rings (SSSR count). The molecule has 0 radical (unpaired) electrons. The third kappa shape index (κ3) is 4.26. The second-order valence-corrected chi connectivity index (χ2v) is 6.98. The lowest BCUT2D eigenvalue weighted by atomic mass is 9.85. The topological polar surface area (TPSA) is 12.0 Å². The van der Waals surface area contributed by atoms with Crippen LogP contribution in [0.15, 0.2) is 24.3 Å². The van der Waals surface area contributed by atoms with Gasteiger partial charge in [0.1, 0.15) is 0 Å². The summed E-state index contributed by atoms with van der Waals surface area (Å²) in [7, 11) is 0. The lowest BCUT2D eigenvalue weighted by Gasteiger charge is -2.28. The van der Waals surface area contributed by atoms with Crippen LogP contribution in [0.1, 0.15) is 71.3 Å². The van der Waals surface area contributed by atoms with Crippen LogP contribution in [-0.2, 0) is 5.41 Å². The summed E-state index contributed by atoms with van der Waals surface area (Å²) in [6.07, 6.45) is 9.70. The van der Waals surface area contributed by atoms with Crippen molar-refractivity contribution in [1.29, 1.82) is 0 Å². The van der Waals surface area contributed by atoms with Gasteiger partial charge >= 0.3 is 0 Å². The Morgan fingerprint density at radius 2 is 1.47 bits per heavy atom. The molecule has 1 N–H and O–H groups in total. The fraction of sp³-hybridized carbons (Fsp3) is 0.667. The highest BCUT2D eigenvalue weighted by Crippen LogP contribution is 2.31. The Balaban J connectivity index is 2.09. The molecule has 1 fully saturated rings. The van der Waals surface area contributed by atoms with E-state index in [1.165, 1.54) is 56.2 Å². The fourth-order valence-corrected chi connectivity index (χ4v) is 3.08. The Bertz CT molecular complexity index is 381. The standard InChI is InChI=1S/C18H29N/c1-18(2,3)16-13-9-10-14-17(16)19-15-11-7-5-4-6-8-12-15/h9-10,13-15,19H,4-8,11-12H2,1-3H3. The molecule has 0 heterocycles. The Labute approximate surface area is 118 Å². The van der Waals surface area contributed by atoms with Crippen LogP contribution in [0.5, 0.6) is 0 Å². The Kier molecular flexibility index (Phi) is 4.90. The van der Waals surface area contributed by atoms with E-state index < -0.39 is 0 Å². The molecule has 0 spiro atoms. The maximum atomic E-state index is 3.82. The number of benzene rings is 1. The highest BCUT2D eigenvalue weighted by atomic mass is 14.9. The van der Waals surface area contributed by atoms with Crippen molar-refractivity contribution in [2.75, 3.05) is 5.32 Å². The molecule has 106 valence electrons. The van der Waals surface area contributed by atoms with Gasteiger partial charge in [-0.3, -0.25) is 0 Å². The van der Waals surface area contributed by atoms with Gasteiger partial charge in [-0.05, 0) is 29.9 Å². The summed E-state index contributed by atoms with van der Waals surface area (Å²) in [6.45, 7) is 6.89. The number of hydrogen-bond donors (Lipinski definition) is 1. The van der Waals surface area contributed by atoms with Crippen LogP contribution in [0, 0.1) is 0 Å². The molecule has 0 atom stereocenters. The zero-order chi connectivity index (χ0) is 13.7. The van der Waals surface area contributed by atoms with Crippen LogP contribution >= 0.6 is 0 Å². The fourth-order valence-electron chi connectivity index (χ4n) is 3.08. The molecule has 1 nitrogen and oxygen atoms in total. The first-order chi connectivity index (χ1) is 9.07. The van der Waals surface area contributed by atoms with Crippen molar-refractivity contribution >= 4 is 5.69 Å². The zero-order valence-electron chi connectivity index (χ0n) is 12.8. The van der Waals surface area contributed by atoms with E-state index in [0.717, 1.165) is 0 Å². The smallest absolute Gasteiger partial charge is 0.0380 e. The lowest BCUT2D eigenvalue weighted by molar-refractivity contribution is 0.470. The summed E-state index contributed by atoms with van der Waals surface area (Å²) in [4.78, 5) is 0. The number of rotatable bonds is 2. The molecule has 0 amide bonds. The maximum Gasteiger partial charge on any atom is 0.0380 e. The monoisotopic (exact) mass is 259 g/mol. The largest absolute Gasteiger partial charge is 0.382 e. The molecule has 1 aromatic carbocycles. The first kappa shape index (κ1) is 14.4. The normalized spacial score (nSPS) is 18.7. The second kappa shape index (κ2) is 6.45. The van der Waals surface area contributed by atoms with Gasteiger partial charge in [-0.25, -0.2) is 0 Å². The molecule has 1 saturated carbocycles. The highest BCUT2D eigenvalue weighted by Gasteiger charge is 2.19. The van der Waals surface area contributed by atoms with Crippen LogP contribution in [-0.4, -0.2) is 6.04 Å². The molecule has 0 aromatic heterocycles. The zero-order valence-corrected chi connectivity index (χ0v) is 12.8. The van der Waals surface area contributed by atoms with E-state index in [4.69, 9.17) is 0 Å². The van der Waals surface area contributed by atoms with E-state index in [9.17, 15) is 0 Å². The molecule has 1 aromatic rings. The summed E-state index contributed by atoms with van der Waals surface area (Å²) in [5.41, 5.74) is 3.00. The first-order valence-corrected chi connectivity index (χ1v) is 7.93. The van der Waals surface area contributed by atoms with Gasteiger partial charge in [0.2, 0.25) is 0 Å². The summed E-state index contributed by atoms with van der Waals surface area (Å²) >= 11 is 0. The van der Waals surface area contributed by atoms with Gasteiger partial charge in [0.15, 0.2) is 0 Å². The summed E-state index contributed by atoms with van der Waals surface area (Å²) in [6, 6.07) is 9.50. The minimum absolute atomic E-state index is 0.214. The van der Waals surface area contributed by atoms with Gasteiger partial charge in [0, 0.05) is 11.7 Å². The third-order valence-electron chi connectivity index (χ3n) is 4.20. The van der Waals surface area contributed by atoms with Crippen molar-refractivity contribution in [3.63, 3.8) is 0 Å². The SMILES string of the molecule is CC(C)(C)c1ccccc1NC1CCCCCCC1. The molecule has 0 unspecified atom stereocenters.